The molecule has 72 valence electrons. The van der Waals surface area contributed by atoms with Gasteiger partial charge in [-0.2, -0.15) is 0 Å². The van der Waals surface area contributed by atoms with Crippen molar-refractivity contribution < 1.29 is 4.74 Å². The van der Waals surface area contributed by atoms with Crippen LogP contribution in [0.1, 0.15) is 34.6 Å². The molecule has 1 saturated heterocycles. The van der Waals surface area contributed by atoms with Crippen molar-refractivity contribution in [2.75, 3.05) is 19.8 Å². The molecule has 0 N–H and O–H groups in total. The molecule has 0 atom stereocenters. The molecule has 0 bridgehead atoms. The number of hydrogen-bond acceptors (Lipinski definition) is 2. The highest BCUT2D eigenvalue weighted by Crippen LogP contribution is 2.29. The van der Waals surface area contributed by atoms with Gasteiger partial charge < -0.3 is 4.74 Å². The van der Waals surface area contributed by atoms with Gasteiger partial charge >= 0.3 is 0 Å². The van der Waals surface area contributed by atoms with Crippen molar-refractivity contribution in [3.8, 4) is 0 Å². The predicted octanol–water partition coefficient (Wildman–Crippen LogP) is 1.90. The fourth-order valence-electron chi connectivity index (χ4n) is 2.38. The monoisotopic (exact) mass is 171 g/mol. The molecule has 1 heterocycles. The standard InChI is InChI=1S/C10H21NO/c1-6-11-9(2,3)7-12-8-10(11,4)5/h6-8H2,1-5H3. The fourth-order valence-corrected chi connectivity index (χ4v) is 2.38. The minimum absolute atomic E-state index is 0.191. The van der Waals surface area contributed by atoms with E-state index >= 15 is 0 Å². The van der Waals surface area contributed by atoms with E-state index in [0.717, 1.165) is 19.8 Å². The molecule has 0 radical (unpaired) electrons. The van der Waals surface area contributed by atoms with Crippen LogP contribution >= 0.6 is 0 Å². The van der Waals surface area contributed by atoms with E-state index in [0.29, 0.717) is 0 Å². The highest BCUT2D eigenvalue weighted by Gasteiger charge is 2.40. The minimum atomic E-state index is 0.191. The quantitative estimate of drug-likeness (QED) is 0.597. The highest BCUT2D eigenvalue weighted by molar-refractivity contribution is 4.95. The third kappa shape index (κ3) is 1.64. The van der Waals surface area contributed by atoms with E-state index in [9.17, 15) is 0 Å². The van der Waals surface area contributed by atoms with E-state index in [2.05, 4.69) is 39.5 Å². The van der Waals surface area contributed by atoms with E-state index < -0.39 is 0 Å². The molecule has 1 fully saturated rings. The normalized spacial score (nSPS) is 28.8. The van der Waals surface area contributed by atoms with Gasteiger partial charge in [0.2, 0.25) is 0 Å². The van der Waals surface area contributed by atoms with Crippen molar-refractivity contribution in [2.45, 2.75) is 45.7 Å². The number of rotatable bonds is 1. The molecule has 0 amide bonds. The summed E-state index contributed by atoms with van der Waals surface area (Å²) in [4.78, 5) is 2.52. The molecule has 0 spiro atoms. The summed E-state index contributed by atoms with van der Waals surface area (Å²) in [7, 11) is 0. The molecule has 1 aliphatic rings. The Morgan fingerprint density at radius 2 is 1.50 bits per heavy atom. The Morgan fingerprint density at radius 1 is 1.08 bits per heavy atom. The largest absolute Gasteiger partial charge is 0.378 e. The Kier molecular flexibility index (Phi) is 2.50. The van der Waals surface area contributed by atoms with Crippen LogP contribution < -0.4 is 0 Å². The molecule has 0 saturated carbocycles. The second kappa shape index (κ2) is 3.00. The van der Waals surface area contributed by atoms with Crippen LogP contribution in [0.2, 0.25) is 0 Å². The first kappa shape index (κ1) is 10.0. The Bertz CT molecular complexity index is 147. The van der Waals surface area contributed by atoms with E-state index in [1.807, 2.05) is 0 Å². The molecule has 0 aromatic heterocycles. The molecular weight excluding hydrogens is 150 g/mol. The van der Waals surface area contributed by atoms with Gasteiger partial charge in [-0.3, -0.25) is 4.90 Å². The van der Waals surface area contributed by atoms with E-state index in [1.54, 1.807) is 0 Å². The van der Waals surface area contributed by atoms with Gasteiger partial charge in [-0.15, -0.1) is 0 Å². The summed E-state index contributed by atoms with van der Waals surface area (Å²) < 4.78 is 5.59. The maximum Gasteiger partial charge on any atom is 0.0646 e. The van der Waals surface area contributed by atoms with Crippen LogP contribution in [0.3, 0.4) is 0 Å². The third-order valence-corrected chi connectivity index (χ3v) is 2.69. The zero-order valence-electron chi connectivity index (χ0n) is 8.98. The average molecular weight is 171 g/mol. The van der Waals surface area contributed by atoms with Crippen LogP contribution in [0.15, 0.2) is 0 Å². The van der Waals surface area contributed by atoms with Gasteiger partial charge in [-0.05, 0) is 34.2 Å². The van der Waals surface area contributed by atoms with Gasteiger partial charge in [0.15, 0.2) is 0 Å². The molecule has 0 aliphatic carbocycles. The van der Waals surface area contributed by atoms with Gasteiger partial charge in [0.1, 0.15) is 0 Å². The van der Waals surface area contributed by atoms with Crippen LogP contribution in [0.25, 0.3) is 0 Å². The summed E-state index contributed by atoms with van der Waals surface area (Å²) in [5, 5.41) is 0. The van der Waals surface area contributed by atoms with Gasteiger partial charge in [0.05, 0.1) is 13.2 Å². The summed E-state index contributed by atoms with van der Waals surface area (Å²) in [5.41, 5.74) is 0.382. The van der Waals surface area contributed by atoms with Crippen molar-refractivity contribution in [1.29, 1.82) is 0 Å². The predicted molar refractivity (Wildman–Crippen MR) is 51.4 cm³/mol. The maximum atomic E-state index is 5.59. The van der Waals surface area contributed by atoms with E-state index in [1.165, 1.54) is 0 Å². The number of nitrogens with zero attached hydrogens (tertiary/aromatic N) is 1. The number of morpholine rings is 1. The molecular formula is C10H21NO. The van der Waals surface area contributed by atoms with Crippen molar-refractivity contribution in [3.05, 3.63) is 0 Å². The van der Waals surface area contributed by atoms with Gasteiger partial charge in [-0.1, -0.05) is 6.92 Å². The molecule has 2 nitrogen and oxygen atoms in total. The van der Waals surface area contributed by atoms with Crippen LogP contribution in [-0.2, 0) is 4.74 Å². The lowest BCUT2D eigenvalue weighted by Crippen LogP contribution is -2.63. The Morgan fingerprint density at radius 3 is 1.75 bits per heavy atom. The van der Waals surface area contributed by atoms with Crippen LogP contribution in [-0.4, -0.2) is 35.7 Å². The first-order chi connectivity index (χ1) is 5.40. The molecule has 1 rings (SSSR count). The van der Waals surface area contributed by atoms with Crippen LogP contribution in [0.5, 0.6) is 0 Å². The minimum Gasteiger partial charge on any atom is -0.378 e. The van der Waals surface area contributed by atoms with Crippen molar-refractivity contribution in [3.63, 3.8) is 0 Å². The average Bonchev–Trinajstić information content (AvgIpc) is 1.83. The van der Waals surface area contributed by atoms with Crippen molar-refractivity contribution in [1.82, 2.24) is 4.90 Å². The first-order valence-corrected chi connectivity index (χ1v) is 4.76. The zero-order chi connectivity index (χ0) is 9.41. The Hall–Kier alpha value is -0.0800. The Labute approximate surface area is 75.9 Å². The SMILES string of the molecule is CCN1C(C)(C)COCC1(C)C. The second-order valence-corrected chi connectivity index (χ2v) is 4.86. The lowest BCUT2D eigenvalue weighted by Gasteiger charge is -2.52. The van der Waals surface area contributed by atoms with Gasteiger partial charge in [-0.25, -0.2) is 0 Å². The second-order valence-electron chi connectivity index (χ2n) is 4.86. The summed E-state index contributed by atoms with van der Waals surface area (Å²) in [6.07, 6.45) is 0. The van der Waals surface area contributed by atoms with E-state index in [-0.39, 0.29) is 11.1 Å². The fraction of sp³-hybridized carbons (Fsp3) is 1.00. The number of hydrogen-bond donors (Lipinski definition) is 0. The zero-order valence-corrected chi connectivity index (χ0v) is 8.98. The highest BCUT2D eigenvalue weighted by atomic mass is 16.5. The molecule has 2 heteroatoms. The molecule has 0 aromatic rings. The lowest BCUT2D eigenvalue weighted by molar-refractivity contribution is -0.124. The van der Waals surface area contributed by atoms with Crippen molar-refractivity contribution in [2.24, 2.45) is 0 Å². The summed E-state index contributed by atoms with van der Waals surface area (Å²) >= 11 is 0. The summed E-state index contributed by atoms with van der Waals surface area (Å²) in [5.74, 6) is 0. The molecule has 0 aromatic carbocycles. The van der Waals surface area contributed by atoms with Gasteiger partial charge in [0, 0.05) is 11.1 Å². The van der Waals surface area contributed by atoms with Crippen LogP contribution in [0, 0.1) is 0 Å². The smallest absolute Gasteiger partial charge is 0.0646 e. The number of ether oxygens (including phenoxy) is 1. The lowest BCUT2D eigenvalue weighted by atomic mass is 9.92. The third-order valence-electron chi connectivity index (χ3n) is 2.69. The Balaban J connectivity index is 2.81. The maximum absolute atomic E-state index is 5.59. The first-order valence-electron chi connectivity index (χ1n) is 4.76. The molecule has 1 aliphatic heterocycles. The number of likely N-dealkylation sites (N-methyl/N-ethyl adjacent to an activating group) is 1. The topological polar surface area (TPSA) is 12.5 Å². The summed E-state index contributed by atoms with van der Waals surface area (Å²) in [6.45, 7) is 14.0. The summed E-state index contributed by atoms with van der Waals surface area (Å²) in [6, 6.07) is 0. The molecule has 12 heavy (non-hydrogen) atoms. The molecule has 0 unspecified atom stereocenters. The van der Waals surface area contributed by atoms with Gasteiger partial charge in [0.25, 0.3) is 0 Å². The van der Waals surface area contributed by atoms with Crippen LogP contribution in [0.4, 0.5) is 0 Å². The van der Waals surface area contributed by atoms with Crippen molar-refractivity contribution >= 4 is 0 Å². The van der Waals surface area contributed by atoms with E-state index in [4.69, 9.17) is 4.74 Å².